The van der Waals surface area contributed by atoms with Gasteiger partial charge in [0.1, 0.15) is 5.54 Å². The first-order valence-corrected chi connectivity index (χ1v) is 8.03. The summed E-state index contributed by atoms with van der Waals surface area (Å²) in [5.41, 5.74) is 0.401. The second-order valence-corrected chi connectivity index (χ2v) is 5.71. The predicted octanol–water partition coefficient (Wildman–Crippen LogP) is 3.53. The van der Waals surface area contributed by atoms with Crippen LogP contribution < -0.4 is 5.32 Å². The van der Waals surface area contributed by atoms with Crippen molar-refractivity contribution in [1.82, 2.24) is 10.2 Å². The van der Waals surface area contributed by atoms with Crippen molar-refractivity contribution < 1.29 is 0 Å². The molecular formula is C18H29N3. The molecule has 1 rings (SSSR count). The SMILES string of the molecule is CCCCN(CC(C#N)(NC)c1ccccc1)C(C)CC. The van der Waals surface area contributed by atoms with Crippen LogP contribution in [0.4, 0.5) is 0 Å². The predicted molar refractivity (Wildman–Crippen MR) is 89.0 cm³/mol. The fraction of sp³-hybridized carbons (Fsp3) is 0.611. The zero-order valence-corrected chi connectivity index (χ0v) is 13.9. The average molecular weight is 287 g/mol. The van der Waals surface area contributed by atoms with E-state index in [1.54, 1.807) is 0 Å². The van der Waals surface area contributed by atoms with Gasteiger partial charge in [-0.1, -0.05) is 50.6 Å². The van der Waals surface area contributed by atoms with Gasteiger partial charge in [0.05, 0.1) is 6.07 Å². The van der Waals surface area contributed by atoms with Crippen molar-refractivity contribution in [3.8, 4) is 6.07 Å². The lowest BCUT2D eigenvalue weighted by Crippen LogP contribution is -2.51. The number of unbranched alkanes of at least 4 members (excludes halogenated alkanes) is 1. The van der Waals surface area contributed by atoms with Gasteiger partial charge in [0.15, 0.2) is 0 Å². The molecule has 0 fully saturated rings. The van der Waals surface area contributed by atoms with Gasteiger partial charge < -0.3 is 0 Å². The number of nitriles is 1. The van der Waals surface area contributed by atoms with E-state index in [2.05, 4.69) is 37.1 Å². The van der Waals surface area contributed by atoms with Crippen molar-refractivity contribution in [1.29, 1.82) is 5.26 Å². The molecule has 3 nitrogen and oxygen atoms in total. The van der Waals surface area contributed by atoms with Crippen LogP contribution in [0, 0.1) is 11.3 Å². The monoisotopic (exact) mass is 287 g/mol. The van der Waals surface area contributed by atoms with Crippen molar-refractivity contribution in [2.45, 2.75) is 51.6 Å². The van der Waals surface area contributed by atoms with E-state index in [9.17, 15) is 5.26 Å². The van der Waals surface area contributed by atoms with Crippen molar-refractivity contribution in [2.24, 2.45) is 0 Å². The summed E-state index contributed by atoms with van der Waals surface area (Å²) >= 11 is 0. The van der Waals surface area contributed by atoms with Crippen LogP contribution in [0.1, 0.15) is 45.6 Å². The van der Waals surface area contributed by atoms with Crippen LogP contribution in [0.2, 0.25) is 0 Å². The van der Waals surface area contributed by atoms with Crippen LogP contribution in [0.15, 0.2) is 30.3 Å². The number of nitrogens with zero attached hydrogens (tertiary/aromatic N) is 2. The Bertz CT molecular complexity index is 438. The van der Waals surface area contributed by atoms with Gasteiger partial charge in [0.25, 0.3) is 0 Å². The van der Waals surface area contributed by atoms with Crippen LogP contribution in [-0.2, 0) is 5.54 Å². The van der Waals surface area contributed by atoms with Gasteiger partial charge in [-0.15, -0.1) is 0 Å². The lowest BCUT2D eigenvalue weighted by molar-refractivity contribution is 0.161. The summed E-state index contributed by atoms with van der Waals surface area (Å²) in [7, 11) is 1.88. The summed E-state index contributed by atoms with van der Waals surface area (Å²) in [4.78, 5) is 2.44. The first-order chi connectivity index (χ1) is 10.1. The summed E-state index contributed by atoms with van der Waals surface area (Å²) in [5.74, 6) is 0. The Morgan fingerprint density at radius 2 is 1.95 bits per heavy atom. The maximum absolute atomic E-state index is 9.82. The Kier molecular flexibility index (Phi) is 7.42. The molecule has 2 unspecified atom stereocenters. The Morgan fingerprint density at radius 1 is 1.29 bits per heavy atom. The summed E-state index contributed by atoms with van der Waals surface area (Å²) in [6.45, 7) is 8.43. The highest BCUT2D eigenvalue weighted by atomic mass is 15.2. The van der Waals surface area contributed by atoms with Gasteiger partial charge in [-0.3, -0.25) is 10.2 Å². The second kappa shape index (κ2) is 8.81. The average Bonchev–Trinajstić information content (AvgIpc) is 2.56. The molecule has 0 aliphatic heterocycles. The molecule has 0 aliphatic carbocycles. The van der Waals surface area contributed by atoms with E-state index in [1.807, 2.05) is 37.4 Å². The molecule has 3 heteroatoms. The van der Waals surface area contributed by atoms with Gasteiger partial charge in [-0.2, -0.15) is 5.26 Å². The first-order valence-electron chi connectivity index (χ1n) is 8.03. The first kappa shape index (κ1) is 17.7. The minimum Gasteiger partial charge on any atom is -0.298 e. The highest BCUT2D eigenvalue weighted by Crippen LogP contribution is 2.23. The third-order valence-corrected chi connectivity index (χ3v) is 4.34. The van der Waals surface area contributed by atoms with Crippen LogP contribution in [0.5, 0.6) is 0 Å². The molecular weight excluding hydrogens is 258 g/mol. The Labute approximate surface area is 130 Å². The summed E-state index contributed by atoms with van der Waals surface area (Å²) in [6.07, 6.45) is 3.45. The molecule has 1 N–H and O–H groups in total. The van der Waals surface area contributed by atoms with Crippen molar-refractivity contribution in [2.75, 3.05) is 20.1 Å². The standard InChI is InChI=1S/C18H29N3/c1-5-7-13-21(16(3)6-2)15-18(14-19,20-4)17-11-9-8-10-12-17/h8-12,16,20H,5-7,13,15H2,1-4H3. The minimum atomic E-state index is -0.640. The van der Waals surface area contributed by atoms with E-state index < -0.39 is 5.54 Å². The molecule has 0 aliphatic rings. The second-order valence-electron chi connectivity index (χ2n) is 5.71. The van der Waals surface area contributed by atoms with Crippen LogP contribution in [0.25, 0.3) is 0 Å². The van der Waals surface area contributed by atoms with E-state index in [4.69, 9.17) is 0 Å². The largest absolute Gasteiger partial charge is 0.298 e. The number of hydrogen-bond donors (Lipinski definition) is 1. The molecule has 1 aromatic rings. The Balaban J connectivity index is 3.01. The van der Waals surface area contributed by atoms with E-state index in [0.717, 1.165) is 25.1 Å². The molecule has 0 bridgehead atoms. The molecule has 0 radical (unpaired) electrons. The minimum absolute atomic E-state index is 0.487. The van der Waals surface area contributed by atoms with E-state index in [0.29, 0.717) is 6.04 Å². The summed E-state index contributed by atoms with van der Waals surface area (Å²) in [5, 5.41) is 13.1. The molecule has 0 aromatic heterocycles. The smallest absolute Gasteiger partial charge is 0.144 e. The summed E-state index contributed by atoms with van der Waals surface area (Å²) in [6, 6.07) is 13.1. The zero-order valence-electron chi connectivity index (χ0n) is 13.9. The molecule has 0 amide bonds. The number of rotatable bonds is 9. The molecule has 0 saturated carbocycles. The Morgan fingerprint density at radius 3 is 2.43 bits per heavy atom. The normalized spacial score (nSPS) is 15.4. The molecule has 116 valence electrons. The van der Waals surface area contributed by atoms with Crippen LogP contribution >= 0.6 is 0 Å². The van der Waals surface area contributed by atoms with Crippen molar-refractivity contribution in [3.05, 3.63) is 35.9 Å². The number of hydrogen-bond acceptors (Lipinski definition) is 3. The fourth-order valence-electron chi connectivity index (χ4n) is 2.57. The van der Waals surface area contributed by atoms with Crippen molar-refractivity contribution >= 4 is 0 Å². The lowest BCUT2D eigenvalue weighted by Gasteiger charge is -2.36. The third kappa shape index (κ3) is 4.56. The van der Waals surface area contributed by atoms with Gasteiger partial charge in [0, 0.05) is 12.6 Å². The Hall–Kier alpha value is -1.37. The molecule has 0 heterocycles. The van der Waals surface area contributed by atoms with E-state index >= 15 is 0 Å². The van der Waals surface area contributed by atoms with E-state index in [1.165, 1.54) is 12.8 Å². The van der Waals surface area contributed by atoms with Gasteiger partial charge in [-0.05, 0) is 38.9 Å². The molecule has 2 atom stereocenters. The van der Waals surface area contributed by atoms with Gasteiger partial charge in [-0.25, -0.2) is 0 Å². The maximum Gasteiger partial charge on any atom is 0.144 e. The number of likely N-dealkylation sites (N-methyl/N-ethyl adjacent to an activating group) is 1. The topological polar surface area (TPSA) is 39.1 Å². The molecule has 1 aromatic carbocycles. The van der Waals surface area contributed by atoms with Crippen LogP contribution in [0.3, 0.4) is 0 Å². The molecule has 0 saturated heterocycles. The van der Waals surface area contributed by atoms with Gasteiger partial charge >= 0.3 is 0 Å². The fourth-order valence-corrected chi connectivity index (χ4v) is 2.57. The zero-order chi connectivity index (χ0) is 15.7. The van der Waals surface area contributed by atoms with Gasteiger partial charge in [0.2, 0.25) is 0 Å². The highest BCUT2D eigenvalue weighted by molar-refractivity contribution is 5.32. The molecule has 0 spiro atoms. The number of benzene rings is 1. The number of nitrogens with one attached hydrogen (secondary N) is 1. The summed E-state index contributed by atoms with van der Waals surface area (Å²) < 4.78 is 0. The highest BCUT2D eigenvalue weighted by Gasteiger charge is 2.33. The van der Waals surface area contributed by atoms with Crippen molar-refractivity contribution in [3.63, 3.8) is 0 Å². The maximum atomic E-state index is 9.82. The van der Waals surface area contributed by atoms with E-state index in [-0.39, 0.29) is 0 Å². The van der Waals surface area contributed by atoms with Crippen LogP contribution in [-0.4, -0.2) is 31.1 Å². The quantitative estimate of drug-likeness (QED) is 0.755. The molecule has 21 heavy (non-hydrogen) atoms. The lowest BCUT2D eigenvalue weighted by atomic mass is 9.90. The third-order valence-electron chi connectivity index (χ3n) is 4.34.